The lowest BCUT2D eigenvalue weighted by Crippen LogP contribution is -2.05. The Morgan fingerprint density at radius 3 is 2.58 bits per heavy atom. The average molecular weight is 278 g/mol. The molecule has 0 bridgehead atoms. The zero-order valence-electron chi connectivity index (χ0n) is 7.04. The van der Waals surface area contributed by atoms with E-state index in [1.54, 1.807) is 12.1 Å². The van der Waals surface area contributed by atoms with Crippen molar-refractivity contribution in [3.63, 3.8) is 0 Å². The minimum Gasteiger partial charge on any atom is -0.504 e. The number of rotatable bonds is 2. The van der Waals surface area contributed by atoms with Gasteiger partial charge in [-0.2, -0.15) is 0 Å². The van der Waals surface area contributed by atoms with Crippen molar-refractivity contribution in [2.75, 3.05) is 0 Å². The number of benzene rings is 1. The smallest absolute Gasteiger partial charge is 0.161 e. The maximum Gasteiger partial charge on any atom is 0.161 e. The second kappa shape index (κ2) is 3.98. The van der Waals surface area contributed by atoms with E-state index in [0.717, 1.165) is 3.57 Å². The van der Waals surface area contributed by atoms with Gasteiger partial charge in [-0.05, 0) is 54.6 Å². The molecule has 1 rings (SSSR count). The van der Waals surface area contributed by atoms with E-state index < -0.39 is 0 Å². The summed E-state index contributed by atoms with van der Waals surface area (Å²) in [4.78, 5) is 0. The van der Waals surface area contributed by atoms with E-state index in [-0.39, 0.29) is 11.9 Å². The van der Waals surface area contributed by atoms with E-state index in [0.29, 0.717) is 5.75 Å². The van der Waals surface area contributed by atoms with Crippen LogP contribution >= 0.6 is 22.6 Å². The van der Waals surface area contributed by atoms with Crippen LogP contribution in [-0.4, -0.2) is 11.2 Å². The van der Waals surface area contributed by atoms with Gasteiger partial charge in [0.2, 0.25) is 0 Å². The highest BCUT2D eigenvalue weighted by Gasteiger charge is 2.03. The second-order valence-corrected chi connectivity index (χ2v) is 4.02. The third-order valence-corrected chi connectivity index (χ3v) is 1.95. The highest BCUT2D eigenvalue weighted by atomic mass is 127. The Bertz CT molecular complexity index is 271. The van der Waals surface area contributed by atoms with E-state index in [9.17, 15) is 5.11 Å². The van der Waals surface area contributed by atoms with Crippen LogP contribution in [0.1, 0.15) is 13.8 Å². The molecule has 0 heterocycles. The minimum absolute atomic E-state index is 0.0935. The molecule has 0 aliphatic carbocycles. The first-order valence-corrected chi connectivity index (χ1v) is 4.82. The van der Waals surface area contributed by atoms with Gasteiger partial charge in [0.05, 0.1) is 6.10 Å². The maximum absolute atomic E-state index is 9.41. The van der Waals surface area contributed by atoms with Crippen LogP contribution in [0.25, 0.3) is 0 Å². The molecule has 0 spiro atoms. The van der Waals surface area contributed by atoms with Gasteiger partial charge < -0.3 is 9.84 Å². The number of phenols is 1. The first kappa shape index (κ1) is 9.64. The molecule has 0 fully saturated rings. The molecule has 0 saturated carbocycles. The molecule has 0 unspecified atom stereocenters. The predicted molar refractivity (Wildman–Crippen MR) is 56.6 cm³/mol. The standard InChI is InChI=1S/C9H11IO2/c1-6(2)12-9-4-3-7(10)5-8(9)11/h3-6,11H,1-2H3. The van der Waals surface area contributed by atoms with Crippen molar-refractivity contribution in [2.45, 2.75) is 20.0 Å². The Morgan fingerprint density at radius 1 is 1.42 bits per heavy atom. The minimum atomic E-state index is 0.0935. The Morgan fingerprint density at radius 2 is 2.08 bits per heavy atom. The number of aromatic hydroxyl groups is 1. The zero-order chi connectivity index (χ0) is 9.14. The third-order valence-electron chi connectivity index (χ3n) is 1.28. The third kappa shape index (κ3) is 2.55. The molecular weight excluding hydrogens is 267 g/mol. The summed E-state index contributed by atoms with van der Waals surface area (Å²) in [7, 11) is 0. The molecule has 1 aromatic rings. The largest absolute Gasteiger partial charge is 0.504 e. The summed E-state index contributed by atoms with van der Waals surface area (Å²) in [6.45, 7) is 3.86. The molecule has 12 heavy (non-hydrogen) atoms. The van der Waals surface area contributed by atoms with Gasteiger partial charge in [-0.1, -0.05) is 0 Å². The van der Waals surface area contributed by atoms with Crippen LogP contribution in [-0.2, 0) is 0 Å². The summed E-state index contributed by atoms with van der Waals surface area (Å²) < 4.78 is 6.35. The summed E-state index contributed by atoms with van der Waals surface area (Å²) >= 11 is 2.14. The second-order valence-electron chi connectivity index (χ2n) is 2.78. The number of halogens is 1. The summed E-state index contributed by atoms with van der Waals surface area (Å²) in [6, 6.07) is 5.35. The Kier molecular flexibility index (Phi) is 3.20. The van der Waals surface area contributed by atoms with Gasteiger partial charge in [0.25, 0.3) is 0 Å². The molecule has 0 aliphatic heterocycles. The van der Waals surface area contributed by atoms with Crippen molar-refractivity contribution in [3.05, 3.63) is 21.8 Å². The molecule has 1 N–H and O–H groups in total. The van der Waals surface area contributed by atoms with Crippen LogP contribution < -0.4 is 4.74 Å². The Labute approximate surface area is 85.7 Å². The van der Waals surface area contributed by atoms with Crippen molar-refractivity contribution in [2.24, 2.45) is 0 Å². The molecule has 1 aromatic carbocycles. The summed E-state index contributed by atoms with van der Waals surface area (Å²) in [5.41, 5.74) is 0. The average Bonchev–Trinajstić information content (AvgIpc) is 1.94. The SMILES string of the molecule is CC(C)Oc1ccc(I)cc1O. The van der Waals surface area contributed by atoms with E-state index in [2.05, 4.69) is 22.6 Å². The van der Waals surface area contributed by atoms with Gasteiger partial charge in [-0.25, -0.2) is 0 Å². The van der Waals surface area contributed by atoms with Gasteiger partial charge in [0, 0.05) is 3.57 Å². The normalized spacial score (nSPS) is 10.3. The molecule has 0 aliphatic rings. The lowest BCUT2D eigenvalue weighted by atomic mass is 10.3. The van der Waals surface area contributed by atoms with Crippen molar-refractivity contribution in [1.29, 1.82) is 0 Å². The molecule has 0 saturated heterocycles. The topological polar surface area (TPSA) is 29.5 Å². The van der Waals surface area contributed by atoms with Gasteiger partial charge in [0.1, 0.15) is 0 Å². The van der Waals surface area contributed by atoms with Crippen LogP contribution in [0.3, 0.4) is 0 Å². The lowest BCUT2D eigenvalue weighted by Gasteiger charge is -2.10. The van der Waals surface area contributed by atoms with Crippen molar-refractivity contribution in [3.8, 4) is 11.5 Å². The fraction of sp³-hybridized carbons (Fsp3) is 0.333. The van der Waals surface area contributed by atoms with Crippen LogP contribution in [0.5, 0.6) is 11.5 Å². The highest BCUT2D eigenvalue weighted by Crippen LogP contribution is 2.27. The summed E-state index contributed by atoms with van der Waals surface area (Å²) in [5, 5.41) is 9.41. The predicted octanol–water partition coefficient (Wildman–Crippen LogP) is 2.78. The van der Waals surface area contributed by atoms with Crippen molar-refractivity contribution >= 4 is 22.6 Å². The number of phenolic OH excluding ortho intramolecular Hbond substituents is 1. The first-order valence-electron chi connectivity index (χ1n) is 3.75. The number of hydrogen-bond acceptors (Lipinski definition) is 2. The van der Waals surface area contributed by atoms with E-state index in [1.165, 1.54) is 0 Å². The molecule has 0 amide bonds. The fourth-order valence-electron chi connectivity index (χ4n) is 0.844. The molecule has 0 atom stereocenters. The highest BCUT2D eigenvalue weighted by molar-refractivity contribution is 14.1. The van der Waals surface area contributed by atoms with E-state index in [1.807, 2.05) is 19.9 Å². The van der Waals surface area contributed by atoms with Crippen molar-refractivity contribution in [1.82, 2.24) is 0 Å². The van der Waals surface area contributed by atoms with Crippen LogP contribution in [0.2, 0.25) is 0 Å². The van der Waals surface area contributed by atoms with Gasteiger partial charge in [-0.15, -0.1) is 0 Å². The molecular formula is C9H11IO2. The summed E-state index contributed by atoms with van der Waals surface area (Å²) in [6.07, 6.45) is 0.0935. The van der Waals surface area contributed by atoms with E-state index in [4.69, 9.17) is 4.74 Å². The van der Waals surface area contributed by atoms with Crippen LogP contribution in [0, 0.1) is 3.57 Å². The number of hydrogen-bond donors (Lipinski definition) is 1. The Balaban J connectivity index is 2.86. The molecule has 3 heteroatoms. The van der Waals surface area contributed by atoms with E-state index >= 15 is 0 Å². The summed E-state index contributed by atoms with van der Waals surface area (Å²) in [5.74, 6) is 0.751. The molecule has 0 radical (unpaired) electrons. The molecule has 2 nitrogen and oxygen atoms in total. The Hall–Kier alpha value is -0.450. The maximum atomic E-state index is 9.41. The first-order chi connectivity index (χ1) is 5.59. The quantitative estimate of drug-likeness (QED) is 0.843. The number of ether oxygens (including phenoxy) is 1. The zero-order valence-corrected chi connectivity index (χ0v) is 9.20. The lowest BCUT2D eigenvalue weighted by molar-refractivity contribution is 0.232. The van der Waals surface area contributed by atoms with Crippen LogP contribution in [0.15, 0.2) is 18.2 Å². The van der Waals surface area contributed by atoms with Crippen LogP contribution in [0.4, 0.5) is 0 Å². The van der Waals surface area contributed by atoms with Gasteiger partial charge in [0.15, 0.2) is 11.5 Å². The van der Waals surface area contributed by atoms with Crippen molar-refractivity contribution < 1.29 is 9.84 Å². The van der Waals surface area contributed by atoms with Gasteiger partial charge in [-0.3, -0.25) is 0 Å². The molecule has 66 valence electrons. The van der Waals surface area contributed by atoms with Gasteiger partial charge >= 0.3 is 0 Å². The fourth-order valence-corrected chi connectivity index (χ4v) is 1.32. The molecule has 0 aromatic heterocycles. The monoisotopic (exact) mass is 278 g/mol.